The fraction of sp³-hybridized carbons (Fsp3) is 0.714. The minimum Gasteiger partial charge on any atom is -0.363 e. The maximum Gasteiger partial charge on any atom is 0.359 e. The van der Waals surface area contributed by atoms with Crippen LogP contribution >= 0.6 is 11.5 Å². The largest absolute Gasteiger partial charge is 0.363 e. The Kier molecular flexibility index (Phi) is 3.28. The molecule has 0 spiro atoms. The zero-order valence-corrected chi connectivity index (χ0v) is 8.15. The zero-order valence-electron chi connectivity index (χ0n) is 7.33. The van der Waals surface area contributed by atoms with E-state index in [1.54, 1.807) is 11.0 Å². The van der Waals surface area contributed by atoms with E-state index in [2.05, 4.69) is 17.2 Å². The van der Waals surface area contributed by atoms with Crippen LogP contribution < -0.4 is 11.0 Å². The molecule has 0 radical (unpaired) electrons. The number of anilines is 1. The van der Waals surface area contributed by atoms with Gasteiger partial charge in [0.05, 0.1) is 0 Å². The fourth-order valence-electron chi connectivity index (χ4n) is 0.851. The second-order valence-electron chi connectivity index (χ2n) is 2.50. The Balaban J connectivity index is 2.71. The van der Waals surface area contributed by atoms with E-state index in [4.69, 9.17) is 0 Å². The lowest BCUT2D eigenvalue weighted by Gasteiger charge is -1.94. The predicted octanol–water partition coefficient (Wildman–Crippen LogP) is 1.15. The highest BCUT2D eigenvalue weighted by molar-refractivity contribution is 7.10. The summed E-state index contributed by atoms with van der Waals surface area (Å²) < 4.78 is 1.68. The van der Waals surface area contributed by atoms with Crippen LogP contribution in [0.4, 0.5) is 5.13 Å². The third-order valence-corrected chi connectivity index (χ3v) is 2.56. The number of hydrogen-bond acceptors (Lipinski definition) is 4. The van der Waals surface area contributed by atoms with E-state index in [1.165, 1.54) is 11.5 Å². The van der Waals surface area contributed by atoms with Crippen LogP contribution in [0.25, 0.3) is 0 Å². The summed E-state index contributed by atoms with van der Waals surface area (Å²) in [4.78, 5) is 14.9. The molecule has 0 atom stereocenters. The summed E-state index contributed by atoms with van der Waals surface area (Å²) >= 11 is 1.38. The highest BCUT2D eigenvalue weighted by atomic mass is 32.1. The van der Waals surface area contributed by atoms with Gasteiger partial charge in [0, 0.05) is 13.6 Å². The lowest BCUT2D eigenvalue weighted by atomic mass is 10.3. The lowest BCUT2D eigenvalue weighted by molar-refractivity contribution is 0.650. The zero-order chi connectivity index (χ0) is 8.97. The molecule has 0 aliphatic heterocycles. The summed E-state index contributed by atoms with van der Waals surface area (Å²) in [7, 11) is 1.77. The fourth-order valence-corrected chi connectivity index (χ4v) is 1.61. The van der Waals surface area contributed by atoms with Crippen molar-refractivity contribution in [1.29, 1.82) is 0 Å². The van der Waals surface area contributed by atoms with Gasteiger partial charge in [-0.15, -0.1) is 0 Å². The Bertz CT molecular complexity index is 291. The molecule has 0 aromatic carbocycles. The summed E-state index contributed by atoms with van der Waals surface area (Å²) in [5.74, 6) is 0. The van der Waals surface area contributed by atoms with E-state index in [-0.39, 0.29) is 5.69 Å². The van der Waals surface area contributed by atoms with E-state index in [9.17, 15) is 4.79 Å². The molecule has 5 heteroatoms. The number of unbranched alkanes of at least 4 members (excludes halogenated alkanes) is 1. The van der Waals surface area contributed by atoms with Crippen molar-refractivity contribution in [3.05, 3.63) is 10.5 Å². The van der Waals surface area contributed by atoms with E-state index in [0.717, 1.165) is 19.4 Å². The first-order chi connectivity index (χ1) is 5.77. The molecule has 1 N–H and O–H groups in total. The van der Waals surface area contributed by atoms with Crippen LogP contribution in [0.1, 0.15) is 19.8 Å². The average molecular weight is 187 g/mol. The van der Waals surface area contributed by atoms with Gasteiger partial charge < -0.3 is 5.32 Å². The van der Waals surface area contributed by atoms with Gasteiger partial charge in [-0.25, -0.2) is 8.75 Å². The molecule has 1 rings (SSSR count). The van der Waals surface area contributed by atoms with Gasteiger partial charge in [0.1, 0.15) is 0 Å². The smallest absolute Gasteiger partial charge is 0.359 e. The molecule has 0 amide bonds. The minimum atomic E-state index is -0.141. The third-order valence-electron chi connectivity index (χ3n) is 1.54. The van der Waals surface area contributed by atoms with Gasteiger partial charge in [-0.2, -0.15) is 4.98 Å². The van der Waals surface area contributed by atoms with Gasteiger partial charge in [0.2, 0.25) is 5.13 Å². The molecular formula is C7H13N3OS. The molecule has 0 unspecified atom stereocenters. The Morgan fingerprint density at radius 1 is 1.67 bits per heavy atom. The highest BCUT2D eigenvalue weighted by Crippen LogP contribution is 2.07. The number of rotatable bonds is 4. The maximum atomic E-state index is 11.1. The van der Waals surface area contributed by atoms with Gasteiger partial charge in [-0.3, -0.25) is 0 Å². The summed E-state index contributed by atoms with van der Waals surface area (Å²) in [6, 6.07) is 0. The highest BCUT2D eigenvalue weighted by Gasteiger charge is 2.02. The van der Waals surface area contributed by atoms with Crippen molar-refractivity contribution in [1.82, 2.24) is 8.94 Å². The van der Waals surface area contributed by atoms with E-state index in [0.29, 0.717) is 5.13 Å². The summed E-state index contributed by atoms with van der Waals surface area (Å²) in [6.07, 6.45) is 2.13. The molecule has 1 aromatic heterocycles. The SMILES string of the molecule is CCCCn1sc(NC)nc1=O. The summed E-state index contributed by atoms with van der Waals surface area (Å²) in [5.41, 5.74) is -0.141. The minimum absolute atomic E-state index is 0.141. The molecule has 1 aromatic rings. The summed E-state index contributed by atoms with van der Waals surface area (Å²) in [6.45, 7) is 2.89. The van der Waals surface area contributed by atoms with Crippen molar-refractivity contribution < 1.29 is 0 Å². The van der Waals surface area contributed by atoms with Crippen LogP contribution in [0.2, 0.25) is 0 Å². The Morgan fingerprint density at radius 2 is 2.42 bits per heavy atom. The quantitative estimate of drug-likeness (QED) is 0.769. The molecule has 0 saturated heterocycles. The molecular weight excluding hydrogens is 174 g/mol. The van der Waals surface area contributed by atoms with Crippen LogP contribution in [-0.2, 0) is 6.54 Å². The Hall–Kier alpha value is -0.840. The van der Waals surface area contributed by atoms with Gasteiger partial charge in [-0.1, -0.05) is 13.3 Å². The Morgan fingerprint density at radius 3 is 2.92 bits per heavy atom. The molecule has 12 heavy (non-hydrogen) atoms. The molecule has 0 saturated carbocycles. The first-order valence-electron chi connectivity index (χ1n) is 4.03. The van der Waals surface area contributed by atoms with Gasteiger partial charge in [-0.05, 0) is 18.0 Å². The molecule has 0 fully saturated rings. The number of nitrogens with zero attached hydrogens (tertiary/aromatic N) is 2. The van der Waals surface area contributed by atoms with Crippen LogP contribution in [-0.4, -0.2) is 16.0 Å². The lowest BCUT2D eigenvalue weighted by Crippen LogP contribution is -2.14. The number of aryl methyl sites for hydroxylation is 1. The average Bonchev–Trinajstić information content (AvgIpc) is 2.43. The molecule has 68 valence electrons. The number of aromatic nitrogens is 2. The Labute approximate surface area is 75.4 Å². The summed E-state index contributed by atoms with van der Waals surface area (Å²) in [5, 5.41) is 3.54. The number of hydrogen-bond donors (Lipinski definition) is 1. The van der Waals surface area contributed by atoms with Gasteiger partial charge in [0.15, 0.2) is 0 Å². The van der Waals surface area contributed by atoms with Crippen molar-refractivity contribution in [2.24, 2.45) is 0 Å². The van der Waals surface area contributed by atoms with Gasteiger partial charge in [0.25, 0.3) is 0 Å². The molecule has 0 aliphatic carbocycles. The molecule has 0 bridgehead atoms. The van der Waals surface area contributed by atoms with E-state index >= 15 is 0 Å². The van der Waals surface area contributed by atoms with Crippen LogP contribution in [0.15, 0.2) is 4.79 Å². The van der Waals surface area contributed by atoms with Crippen LogP contribution in [0, 0.1) is 0 Å². The van der Waals surface area contributed by atoms with Crippen molar-refractivity contribution in [3.63, 3.8) is 0 Å². The first-order valence-corrected chi connectivity index (χ1v) is 4.81. The van der Waals surface area contributed by atoms with E-state index < -0.39 is 0 Å². The van der Waals surface area contributed by atoms with Crippen LogP contribution in [0.3, 0.4) is 0 Å². The second-order valence-corrected chi connectivity index (χ2v) is 3.51. The second kappa shape index (κ2) is 4.25. The van der Waals surface area contributed by atoms with E-state index in [1.807, 2.05) is 0 Å². The molecule has 1 heterocycles. The third kappa shape index (κ3) is 2.07. The monoisotopic (exact) mass is 187 g/mol. The van der Waals surface area contributed by atoms with Crippen molar-refractivity contribution >= 4 is 16.7 Å². The maximum absolute atomic E-state index is 11.1. The normalized spacial score (nSPS) is 10.2. The van der Waals surface area contributed by atoms with Crippen molar-refractivity contribution in [2.45, 2.75) is 26.3 Å². The first kappa shape index (κ1) is 9.25. The van der Waals surface area contributed by atoms with Crippen molar-refractivity contribution in [2.75, 3.05) is 12.4 Å². The molecule has 4 nitrogen and oxygen atoms in total. The predicted molar refractivity (Wildman–Crippen MR) is 50.8 cm³/mol. The standard InChI is InChI=1S/C7H13N3OS/c1-3-4-5-10-7(11)9-6(8-2)12-10/h3-5H2,1-2H3,(H,8,9,11). The topological polar surface area (TPSA) is 46.9 Å². The van der Waals surface area contributed by atoms with Crippen LogP contribution in [0.5, 0.6) is 0 Å². The number of nitrogens with one attached hydrogen (secondary N) is 1. The van der Waals surface area contributed by atoms with Gasteiger partial charge >= 0.3 is 5.69 Å². The van der Waals surface area contributed by atoms with Crippen molar-refractivity contribution in [3.8, 4) is 0 Å². The molecule has 0 aliphatic rings.